The summed E-state index contributed by atoms with van der Waals surface area (Å²) in [5, 5.41) is 0. The van der Waals surface area contributed by atoms with Gasteiger partial charge in [0.15, 0.2) is 0 Å². The van der Waals surface area contributed by atoms with Gasteiger partial charge in [-0.1, -0.05) is 73.4 Å². The molecule has 2 nitrogen and oxygen atoms in total. The van der Waals surface area contributed by atoms with Gasteiger partial charge in [-0.3, -0.25) is 0 Å². The van der Waals surface area contributed by atoms with E-state index in [0.29, 0.717) is 5.92 Å². The summed E-state index contributed by atoms with van der Waals surface area (Å²) >= 11 is 0. The Morgan fingerprint density at radius 3 is 2.83 bits per heavy atom. The number of nitrogens with zero attached hydrogens (tertiary/aromatic N) is 1. The van der Waals surface area contributed by atoms with Crippen LogP contribution in [0.3, 0.4) is 0 Å². The lowest BCUT2D eigenvalue weighted by atomic mass is 9.87. The van der Waals surface area contributed by atoms with Gasteiger partial charge in [-0.25, -0.2) is 0 Å². The minimum Gasteiger partial charge on any atom is -0.324 e. The van der Waals surface area contributed by atoms with Crippen molar-refractivity contribution >= 4 is 16.9 Å². The molecule has 0 spiro atoms. The largest absolute Gasteiger partial charge is 0.324 e. The molecule has 2 atom stereocenters. The lowest BCUT2D eigenvalue weighted by molar-refractivity contribution is 0.579. The first kappa shape index (κ1) is 20.2. The van der Waals surface area contributed by atoms with Crippen molar-refractivity contribution in [1.29, 1.82) is 0 Å². The normalized spacial score (nSPS) is 21.1. The number of rotatable bonds is 6. The summed E-state index contributed by atoms with van der Waals surface area (Å²) < 4.78 is 0. The molecule has 30 heavy (non-hydrogen) atoms. The molecular weight excluding hydrogens is 364 g/mol. The van der Waals surface area contributed by atoms with Crippen molar-refractivity contribution in [3.8, 4) is 0 Å². The van der Waals surface area contributed by atoms with Gasteiger partial charge in [0.1, 0.15) is 0 Å². The quantitative estimate of drug-likeness (QED) is 0.533. The van der Waals surface area contributed by atoms with Crippen LogP contribution in [0.1, 0.15) is 43.2 Å². The molecule has 0 aromatic heterocycles. The molecule has 1 aliphatic carbocycles. The molecule has 0 bridgehead atoms. The topological polar surface area (TPSA) is 29.3 Å². The van der Waals surface area contributed by atoms with Gasteiger partial charge in [-0.05, 0) is 67.2 Å². The summed E-state index contributed by atoms with van der Waals surface area (Å²) in [5.41, 5.74) is 14.0. The predicted molar refractivity (Wildman–Crippen MR) is 130 cm³/mol. The third-order valence-electron chi connectivity index (χ3n) is 5.91. The molecule has 2 unspecified atom stereocenters. The fourth-order valence-corrected chi connectivity index (χ4v) is 4.54. The van der Waals surface area contributed by atoms with Crippen molar-refractivity contribution in [2.45, 2.75) is 38.1 Å². The average molecular weight is 395 g/mol. The first-order valence-corrected chi connectivity index (χ1v) is 10.8. The minimum atomic E-state index is 0.129. The van der Waals surface area contributed by atoms with Crippen LogP contribution in [0.5, 0.6) is 0 Å². The number of hydrogen-bond acceptors (Lipinski definition) is 2. The van der Waals surface area contributed by atoms with E-state index in [2.05, 4.69) is 90.4 Å². The molecular formula is C28H30N2. The first-order valence-electron chi connectivity index (χ1n) is 10.8. The highest BCUT2D eigenvalue weighted by molar-refractivity contribution is 5.81. The van der Waals surface area contributed by atoms with Crippen LogP contribution in [0.2, 0.25) is 0 Å². The van der Waals surface area contributed by atoms with Gasteiger partial charge < -0.3 is 10.6 Å². The lowest BCUT2D eigenvalue weighted by Crippen LogP contribution is -2.26. The second-order valence-corrected chi connectivity index (χ2v) is 7.92. The van der Waals surface area contributed by atoms with Gasteiger partial charge in [-0.2, -0.15) is 0 Å². The van der Waals surface area contributed by atoms with Crippen molar-refractivity contribution < 1.29 is 0 Å². The highest BCUT2D eigenvalue weighted by Gasteiger charge is 2.36. The van der Waals surface area contributed by atoms with Gasteiger partial charge in [0.05, 0.1) is 0 Å². The van der Waals surface area contributed by atoms with Crippen molar-refractivity contribution in [3.63, 3.8) is 0 Å². The number of para-hydroxylation sites is 1. The maximum atomic E-state index is 6.33. The first-order chi connectivity index (χ1) is 14.7. The van der Waals surface area contributed by atoms with Gasteiger partial charge in [-0.15, -0.1) is 0 Å². The molecule has 0 fully saturated rings. The molecule has 0 amide bonds. The van der Waals surface area contributed by atoms with E-state index in [4.69, 9.17) is 5.73 Å². The van der Waals surface area contributed by atoms with E-state index in [9.17, 15) is 0 Å². The van der Waals surface area contributed by atoms with Crippen LogP contribution >= 0.6 is 0 Å². The van der Waals surface area contributed by atoms with E-state index in [0.717, 1.165) is 19.3 Å². The number of allylic oxidation sites excluding steroid dienone is 8. The van der Waals surface area contributed by atoms with Crippen molar-refractivity contribution in [3.05, 3.63) is 114 Å². The summed E-state index contributed by atoms with van der Waals surface area (Å²) in [6.07, 6.45) is 17.6. The SMILES string of the molecule is C=C/C=C(\C/C=C\C=C/C)c1cccc(N2C3=CC(N)CCC3c3ccccc32)c1. The minimum absolute atomic E-state index is 0.129. The van der Waals surface area contributed by atoms with Crippen molar-refractivity contribution in [2.75, 3.05) is 4.90 Å². The molecule has 152 valence electrons. The molecule has 0 saturated carbocycles. The Bertz CT molecular complexity index is 1040. The van der Waals surface area contributed by atoms with Crippen LogP contribution in [-0.2, 0) is 0 Å². The number of benzene rings is 2. The zero-order valence-electron chi connectivity index (χ0n) is 17.7. The second-order valence-electron chi connectivity index (χ2n) is 7.92. The Balaban J connectivity index is 1.74. The van der Waals surface area contributed by atoms with E-state index in [1.54, 1.807) is 0 Å². The second kappa shape index (κ2) is 9.15. The highest BCUT2D eigenvalue weighted by Crippen LogP contribution is 2.51. The third-order valence-corrected chi connectivity index (χ3v) is 5.91. The fraction of sp³-hybridized carbons (Fsp3) is 0.214. The number of hydrogen-bond donors (Lipinski definition) is 1. The summed E-state index contributed by atoms with van der Waals surface area (Å²) in [4.78, 5) is 2.41. The van der Waals surface area contributed by atoms with Crippen LogP contribution in [-0.4, -0.2) is 6.04 Å². The Kier molecular flexibility index (Phi) is 6.15. The predicted octanol–water partition coefficient (Wildman–Crippen LogP) is 7.02. The van der Waals surface area contributed by atoms with Gasteiger partial charge >= 0.3 is 0 Å². The molecule has 2 aliphatic rings. The summed E-state index contributed by atoms with van der Waals surface area (Å²) in [6, 6.07) is 17.7. The summed E-state index contributed by atoms with van der Waals surface area (Å²) in [7, 11) is 0. The molecule has 1 heterocycles. The average Bonchev–Trinajstić information content (AvgIpc) is 3.09. The van der Waals surface area contributed by atoms with Crippen LogP contribution in [0.15, 0.2) is 103 Å². The zero-order chi connectivity index (χ0) is 20.9. The third kappa shape index (κ3) is 3.96. The van der Waals surface area contributed by atoms with E-state index in [-0.39, 0.29) is 6.04 Å². The van der Waals surface area contributed by atoms with Crippen molar-refractivity contribution in [1.82, 2.24) is 0 Å². The van der Waals surface area contributed by atoms with E-state index in [1.807, 2.05) is 19.1 Å². The standard InChI is InChI=1S/C28H30N2/c1-3-5-6-7-12-21(11-4-2)22-13-10-14-24(19-22)30-27-16-9-8-15-25(27)26-18-17-23(29)20-28(26)30/h3-11,13-16,19-20,23,26H,2,12,17-18,29H2,1H3/b5-3-,7-6-,21-11+. The van der Waals surface area contributed by atoms with Crippen LogP contribution in [0, 0.1) is 0 Å². The molecule has 4 rings (SSSR count). The molecule has 0 saturated heterocycles. The maximum absolute atomic E-state index is 6.33. The molecule has 2 aromatic carbocycles. The zero-order valence-corrected chi connectivity index (χ0v) is 17.7. The Morgan fingerprint density at radius 1 is 1.13 bits per heavy atom. The van der Waals surface area contributed by atoms with Gasteiger partial charge in [0.2, 0.25) is 0 Å². The Hall–Kier alpha value is -3.10. The number of fused-ring (bicyclic) bond motifs is 3. The lowest BCUT2D eigenvalue weighted by Gasteiger charge is -2.28. The summed E-state index contributed by atoms with van der Waals surface area (Å²) in [5.74, 6) is 0.441. The Morgan fingerprint density at radius 2 is 2.00 bits per heavy atom. The summed E-state index contributed by atoms with van der Waals surface area (Å²) in [6.45, 7) is 5.94. The Labute approximate surface area is 180 Å². The molecule has 2 aromatic rings. The van der Waals surface area contributed by atoms with Crippen LogP contribution in [0.4, 0.5) is 11.4 Å². The van der Waals surface area contributed by atoms with Gasteiger partial charge in [0.25, 0.3) is 0 Å². The van der Waals surface area contributed by atoms with Crippen molar-refractivity contribution in [2.24, 2.45) is 5.73 Å². The van der Waals surface area contributed by atoms with Gasteiger partial charge in [0, 0.05) is 29.0 Å². The smallest absolute Gasteiger partial charge is 0.0497 e. The fourth-order valence-electron chi connectivity index (χ4n) is 4.54. The number of nitrogens with two attached hydrogens (primary N) is 1. The highest BCUT2D eigenvalue weighted by atomic mass is 15.2. The molecule has 0 radical (unpaired) electrons. The van der Waals surface area contributed by atoms with E-state index < -0.39 is 0 Å². The monoisotopic (exact) mass is 394 g/mol. The molecule has 2 heteroatoms. The van der Waals surface area contributed by atoms with Crippen LogP contribution in [0.25, 0.3) is 5.57 Å². The number of anilines is 2. The molecule has 2 N–H and O–H groups in total. The maximum Gasteiger partial charge on any atom is 0.0497 e. The molecule has 1 aliphatic heterocycles. The van der Waals surface area contributed by atoms with E-state index in [1.165, 1.54) is 33.8 Å². The van der Waals surface area contributed by atoms with Crippen LogP contribution < -0.4 is 10.6 Å². The van der Waals surface area contributed by atoms with E-state index >= 15 is 0 Å².